The number of nitrogens with zero attached hydrogens (tertiary/aromatic N) is 2. The van der Waals surface area contributed by atoms with Crippen molar-refractivity contribution >= 4 is 45.6 Å². The van der Waals surface area contributed by atoms with E-state index >= 15 is 0 Å². The van der Waals surface area contributed by atoms with Crippen molar-refractivity contribution in [3.63, 3.8) is 0 Å². The molecule has 0 saturated heterocycles. The van der Waals surface area contributed by atoms with E-state index in [0.717, 1.165) is 6.29 Å². The highest BCUT2D eigenvalue weighted by Crippen LogP contribution is 2.24. The zero-order chi connectivity index (χ0) is 19.6. The van der Waals surface area contributed by atoms with Gasteiger partial charge >= 0.3 is 5.97 Å². The van der Waals surface area contributed by atoms with Crippen LogP contribution in [0.2, 0.25) is 0 Å². The van der Waals surface area contributed by atoms with E-state index in [9.17, 15) is 14.4 Å². The minimum absolute atomic E-state index is 0.194. The van der Waals surface area contributed by atoms with Crippen molar-refractivity contribution in [1.82, 2.24) is 9.55 Å². The molecule has 0 atom stereocenters. The second-order valence-electron chi connectivity index (χ2n) is 6.70. The number of aromatic nitrogens is 2. The number of hydrogen-bond donors (Lipinski definition) is 0. The molecule has 27 heavy (non-hydrogen) atoms. The number of ether oxygens (including phenoxy) is 1. The highest BCUT2D eigenvalue weighted by atomic mass is 32.2. The predicted octanol–water partition coefficient (Wildman–Crippen LogP) is 3.69. The Kier molecular flexibility index (Phi) is 5.48. The molecule has 0 aliphatic rings. The monoisotopic (exact) mass is 402 g/mol. The van der Waals surface area contributed by atoms with Crippen LogP contribution >= 0.6 is 23.1 Å². The van der Waals surface area contributed by atoms with E-state index in [2.05, 4.69) is 4.98 Å². The van der Waals surface area contributed by atoms with E-state index in [0.29, 0.717) is 26.6 Å². The van der Waals surface area contributed by atoms with Gasteiger partial charge in [0.1, 0.15) is 16.7 Å². The number of carbonyl (C=O) groups excluding carboxylic acids is 2. The lowest BCUT2D eigenvalue weighted by Crippen LogP contribution is -2.24. The molecule has 0 fully saturated rings. The van der Waals surface area contributed by atoms with E-state index in [-0.39, 0.29) is 11.3 Å². The lowest BCUT2D eigenvalue weighted by Gasteiger charge is -2.19. The molecule has 0 amide bonds. The van der Waals surface area contributed by atoms with Crippen LogP contribution in [0.4, 0.5) is 0 Å². The van der Waals surface area contributed by atoms with Crippen LogP contribution in [0.3, 0.4) is 0 Å². The first-order chi connectivity index (χ1) is 12.8. The summed E-state index contributed by atoms with van der Waals surface area (Å²) in [5.41, 5.74) is 0.175. The van der Waals surface area contributed by atoms with Gasteiger partial charge in [-0.05, 0) is 56.5 Å². The lowest BCUT2D eigenvalue weighted by atomic mass is 10.1. The Hall–Kier alpha value is -2.45. The maximum absolute atomic E-state index is 12.9. The first-order valence-electron chi connectivity index (χ1n) is 8.20. The average molecular weight is 402 g/mol. The molecular formula is C19H18N2O4S2. The maximum atomic E-state index is 12.9. The molecule has 0 saturated carbocycles. The fourth-order valence-electron chi connectivity index (χ4n) is 2.41. The molecule has 0 spiro atoms. The van der Waals surface area contributed by atoms with Gasteiger partial charge in [-0.25, -0.2) is 9.78 Å². The Morgan fingerprint density at radius 1 is 1.26 bits per heavy atom. The fourth-order valence-corrected chi connectivity index (χ4v) is 3.91. The number of benzene rings is 1. The van der Waals surface area contributed by atoms with Gasteiger partial charge in [0.2, 0.25) is 0 Å². The van der Waals surface area contributed by atoms with Crippen LogP contribution in [0.25, 0.3) is 15.9 Å². The third kappa shape index (κ3) is 4.28. The molecule has 0 N–H and O–H groups in total. The van der Waals surface area contributed by atoms with Crippen molar-refractivity contribution < 1.29 is 14.3 Å². The van der Waals surface area contributed by atoms with Crippen molar-refractivity contribution in [3.05, 3.63) is 51.6 Å². The fraction of sp³-hybridized carbons (Fsp3) is 0.263. The molecule has 3 aromatic rings. The quantitative estimate of drug-likeness (QED) is 0.280. The van der Waals surface area contributed by atoms with Gasteiger partial charge in [0, 0.05) is 0 Å². The Morgan fingerprint density at radius 3 is 2.59 bits per heavy atom. The van der Waals surface area contributed by atoms with Crippen LogP contribution < -0.4 is 5.56 Å². The van der Waals surface area contributed by atoms with Gasteiger partial charge in [-0.2, -0.15) is 0 Å². The Bertz CT molecular complexity index is 1050. The minimum atomic E-state index is -0.584. The topological polar surface area (TPSA) is 78.3 Å². The molecule has 0 aliphatic carbocycles. The first-order valence-corrected chi connectivity index (χ1v) is 10.1. The molecule has 8 heteroatoms. The van der Waals surface area contributed by atoms with Crippen molar-refractivity contribution in [2.24, 2.45) is 0 Å². The highest BCUT2D eigenvalue weighted by Gasteiger charge is 2.19. The number of thioether (sulfide) groups is 1. The predicted molar refractivity (Wildman–Crippen MR) is 107 cm³/mol. The van der Waals surface area contributed by atoms with Crippen LogP contribution in [0.15, 0.2) is 45.7 Å². The lowest BCUT2D eigenvalue weighted by molar-refractivity contribution is -0.105. The number of rotatable bonds is 5. The molecular weight excluding hydrogens is 384 g/mol. The molecule has 140 valence electrons. The number of fused-ring (bicyclic) bond motifs is 1. The third-order valence-corrected chi connectivity index (χ3v) is 5.15. The zero-order valence-electron chi connectivity index (χ0n) is 15.1. The van der Waals surface area contributed by atoms with Crippen molar-refractivity contribution in [2.45, 2.75) is 31.5 Å². The summed E-state index contributed by atoms with van der Waals surface area (Å²) in [5, 5.41) is 2.77. The second kappa shape index (κ2) is 7.66. The van der Waals surface area contributed by atoms with Gasteiger partial charge in [0.25, 0.3) is 5.56 Å². The van der Waals surface area contributed by atoms with Crippen molar-refractivity contribution in [1.29, 1.82) is 0 Å². The summed E-state index contributed by atoms with van der Waals surface area (Å²) >= 11 is 2.57. The van der Waals surface area contributed by atoms with Gasteiger partial charge in [-0.3, -0.25) is 9.36 Å². The van der Waals surface area contributed by atoms with Crippen LogP contribution in [-0.4, -0.2) is 33.2 Å². The van der Waals surface area contributed by atoms with Crippen LogP contribution in [0, 0.1) is 0 Å². The Labute approximate surface area is 164 Å². The smallest absolute Gasteiger partial charge is 0.338 e. The van der Waals surface area contributed by atoms with Gasteiger partial charge < -0.3 is 9.53 Å². The molecule has 0 bridgehead atoms. The van der Waals surface area contributed by atoms with Crippen LogP contribution in [0.1, 0.15) is 31.1 Å². The molecule has 3 rings (SSSR count). The molecule has 2 heterocycles. The van der Waals surface area contributed by atoms with E-state index < -0.39 is 11.6 Å². The highest BCUT2D eigenvalue weighted by molar-refractivity contribution is 7.99. The van der Waals surface area contributed by atoms with Crippen LogP contribution in [-0.2, 0) is 9.53 Å². The average Bonchev–Trinajstić information content (AvgIpc) is 3.07. The third-order valence-electron chi connectivity index (χ3n) is 3.51. The largest absolute Gasteiger partial charge is 0.456 e. The van der Waals surface area contributed by atoms with E-state index in [1.54, 1.807) is 51.1 Å². The summed E-state index contributed by atoms with van der Waals surface area (Å²) in [4.78, 5) is 41.0. The van der Waals surface area contributed by atoms with Gasteiger partial charge in [0.05, 0.1) is 22.4 Å². The molecule has 2 aromatic heterocycles. The second-order valence-corrected chi connectivity index (χ2v) is 8.58. The summed E-state index contributed by atoms with van der Waals surface area (Å²) in [7, 11) is 0. The van der Waals surface area contributed by atoms with E-state index in [1.807, 2.05) is 5.38 Å². The molecule has 0 radical (unpaired) electrons. The first kappa shape index (κ1) is 19.3. The number of hydrogen-bond acceptors (Lipinski definition) is 7. The molecule has 0 aliphatic heterocycles. The SMILES string of the molecule is CC(C)(C)OC(=O)c1ccc(-n2c(SCC=O)nc3sccc3c2=O)cc1. The summed E-state index contributed by atoms with van der Waals surface area (Å²) in [6.07, 6.45) is 0.769. The maximum Gasteiger partial charge on any atom is 0.338 e. The summed E-state index contributed by atoms with van der Waals surface area (Å²) in [6, 6.07) is 8.30. The normalized spacial score (nSPS) is 11.5. The Balaban J connectivity index is 2.03. The number of thiophene rings is 1. The molecule has 1 aromatic carbocycles. The van der Waals surface area contributed by atoms with Crippen molar-refractivity contribution in [2.75, 3.05) is 5.75 Å². The van der Waals surface area contributed by atoms with Gasteiger partial charge in [-0.1, -0.05) is 11.8 Å². The number of esters is 1. The summed E-state index contributed by atoms with van der Waals surface area (Å²) < 4.78 is 6.82. The van der Waals surface area contributed by atoms with E-state index in [1.165, 1.54) is 27.7 Å². The summed E-state index contributed by atoms with van der Waals surface area (Å²) in [6.45, 7) is 5.41. The minimum Gasteiger partial charge on any atom is -0.456 e. The zero-order valence-corrected chi connectivity index (χ0v) is 16.7. The number of carbonyl (C=O) groups is 2. The van der Waals surface area contributed by atoms with Crippen LogP contribution in [0.5, 0.6) is 0 Å². The number of aldehydes is 1. The van der Waals surface area contributed by atoms with Crippen molar-refractivity contribution in [3.8, 4) is 5.69 Å². The van der Waals surface area contributed by atoms with Gasteiger partial charge in [-0.15, -0.1) is 11.3 Å². The molecule has 6 nitrogen and oxygen atoms in total. The molecule has 0 unspecified atom stereocenters. The summed E-state index contributed by atoms with van der Waals surface area (Å²) in [5.74, 6) is -0.234. The Morgan fingerprint density at radius 2 is 1.96 bits per heavy atom. The van der Waals surface area contributed by atoms with E-state index in [4.69, 9.17) is 4.74 Å². The standard InChI is InChI=1S/C19H18N2O4S2/c1-19(2,3)25-17(24)12-4-6-13(7-5-12)21-16(23)14-8-10-26-15(14)20-18(21)27-11-9-22/h4-10H,11H2,1-3H3. The van der Waals surface area contributed by atoms with Gasteiger partial charge in [0.15, 0.2) is 5.16 Å².